The molecular formula is C17H20FN5O2. The van der Waals surface area contributed by atoms with E-state index in [9.17, 15) is 9.18 Å². The highest BCUT2D eigenvalue weighted by Gasteiger charge is 2.45. The maximum absolute atomic E-state index is 13.2. The summed E-state index contributed by atoms with van der Waals surface area (Å²) in [6.45, 7) is 3.40. The third-order valence-electron chi connectivity index (χ3n) is 5.18. The fraction of sp³-hybridized carbons (Fsp3) is 0.529. The highest BCUT2D eigenvalue weighted by atomic mass is 19.1. The molecule has 7 nitrogen and oxygen atoms in total. The van der Waals surface area contributed by atoms with Crippen molar-refractivity contribution in [1.82, 2.24) is 20.1 Å². The summed E-state index contributed by atoms with van der Waals surface area (Å²) in [5, 5.41) is 10.7. The quantitative estimate of drug-likeness (QED) is 0.916. The van der Waals surface area contributed by atoms with Crippen LogP contribution in [0.15, 0.2) is 22.9 Å². The largest absolute Gasteiger partial charge is 0.403 e. The van der Waals surface area contributed by atoms with Crippen LogP contribution in [0.25, 0.3) is 11.5 Å². The monoisotopic (exact) mass is 345 g/mol. The van der Waals surface area contributed by atoms with Crippen molar-refractivity contribution in [1.29, 1.82) is 0 Å². The molecule has 1 N–H and O–H groups in total. The first kappa shape index (κ1) is 16.0. The van der Waals surface area contributed by atoms with Gasteiger partial charge < -0.3 is 14.6 Å². The first-order valence-corrected chi connectivity index (χ1v) is 8.54. The van der Waals surface area contributed by atoms with Crippen LogP contribution in [0.2, 0.25) is 0 Å². The number of hydrogen-bond donors (Lipinski definition) is 1. The average Bonchev–Trinajstić information content (AvgIpc) is 3.19. The lowest BCUT2D eigenvalue weighted by atomic mass is 9.93. The van der Waals surface area contributed by atoms with Crippen molar-refractivity contribution in [2.24, 2.45) is 5.41 Å². The van der Waals surface area contributed by atoms with Gasteiger partial charge in [0.05, 0.1) is 11.8 Å². The minimum Gasteiger partial charge on any atom is -0.403 e. The Morgan fingerprint density at radius 2 is 2.04 bits per heavy atom. The molecule has 0 radical (unpaired) electrons. The molecule has 2 aliphatic rings. The molecule has 1 spiro atoms. The number of nitrogens with one attached hydrogen (secondary N) is 1. The van der Waals surface area contributed by atoms with Gasteiger partial charge in [0.25, 0.3) is 5.89 Å². The van der Waals surface area contributed by atoms with Gasteiger partial charge >= 0.3 is 6.01 Å². The van der Waals surface area contributed by atoms with Gasteiger partial charge in [0.15, 0.2) is 0 Å². The lowest BCUT2D eigenvalue weighted by Gasteiger charge is -2.33. The number of rotatable bonds is 4. The van der Waals surface area contributed by atoms with Crippen LogP contribution in [0.4, 0.5) is 10.4 Å². The van der Waals surface area contributed by atoms with E-state index in [-0.39, 0.29) is 17.8 Å². The average molecular weight is 345 g/mol. The smallest absolute Gasteiger partial charge is 0.316 e. The third kappa shape index (κ3) is 3.33. The van der Waals surface area contributed by atoms with Crippen LogP contribution in [0.1, 0.15) is 32.6 Å². The van der Waals surface area contributed by atoms with Crippen molar-refractivity contribution in [2.75, 3.05) is 18.4 Å². The topological polar surface area (TPSA) is 84.1 Å². The molecule has 1 amide bonds. The predicted molar refractivity (Wildman–Crippen MR) is 88.1 cm³/mol. The van der Waals surface area contributed by atoms with E-state index >= 15 is 0 Å². The fourth-order valence-corrected chi connectivity index (χ4v) is 3.33. The molecule has 8 heteroatoms. The summed E-state index contributed by atoms with van der Waals surface area (Å²) in [4.78, 5) is 18.2. The van der Waals surface area contributed by atoms with Gasteiger partial charge in [0, 0.05) is 19.3 Å². The second kappa shape index (κ2) is 6.09. The minimum absolute atomic E-state index is 0.0303. The Balaban J connectivity index is 1.37. The molecule has 2 fully saturated rings. The van der Waals surface area contributed by atoms with Gasteiger partial charge in [0.1, 0.15) is 11.9 Å². The molecule has 4 rings (SSSR count). The van der Waals surface area contributed by atoms with Crippen molar-refractivity contribution < 1.29 is 13.6 Å². The maximum atomic E-state index is 13.2. The number of nitrogens with zero attached hydrogens (tertiary/aromatic N) is 4. The number of piperidine rings is 1. The highest BCUT2D eigenvalue weighted by molar-refractivity contribution is 5.83. The van der Waals surface area contributed by atoms with Crippen LogP contribution < -0.4 is 5.32 Å². The molecule has 2 aromatic heterocycles. The maximum Gasteiger partial charge on any atom is 0.316 e. The summed E-state index contributed by atoms with van der Waals surface area (Å²) in [6.07, 6.45) is 7.36. The molecule has 25 heavy (non-hydrogen) atoms. The molecule has 1 aliphatic heterocycles. The Labute approximate surface area is 144 Å². The number of anilines is 1. The summed E-state index contributed by atoms with van der Waals surface area (Å²) < 4.78 is 18.7. The van der Waals surface area contributed by atoms with Crippen LogP contribution in [0.5, 0.6) is 0 Å². The Morgan fingerprint density at radius 3 is 2.72 bits per heavy atom. The Kier molecular flexibility index (Phi) is 3.89. The Morgan fingerprint density at radius 1 is 1.28 bits per heavy atom. The first-order valence-electron chi connectivity index (χ1n) is 8.54. The third-order valence-corrected chi connectivity index (χ3v) is 5.18. The van der Waals surface area contributed by atoms with Crippen LogP contribution in [-0.4, -0.2) is 45.1 Å². The molecule has 0 bridgehead atoms. The van der Waals surface area contributed by atoms with Gasteiger partial charge in [-0.1, -0.05) is 5.10 Å². The van der Waals surface area contributed by atoms with E-state index in [0.717, 1.165) is 32.1 Å². The number of likely N-dealkylation sites (tertiary alicyclic amines) is 1. The van der Waals surface area contributed by atoms with Crippen LogP contribution >= 0.6 is 0 Å². The predicted octanol–water partition coefficient (Wildman–Crippen LogP) is 2.47. The zero-order valence-corrected chi connectivity index (χ0v) is 14.0. The van der Waals surface area contributed by atoms with Gasteiger partial charge in [-0.05, 0) is 44.1 Å². The van der Waals surface area contributed by atoms with Crippen molar-refractivity contribution >= 4 is 11.9 Å². The number of aromatic nitrogens is 3. The van der Waals surface area contributed by atoms with Crippen molar-refractivity contribution in [3.63, 3.8) is 0 Å². The zero-order chi connectivity index (χ0) is 17.4. The molecule has 1 saturated heterocycles. The summed E-state index contributed by atoms with van der Waals surface area (Å²) >= 11 is 0. The lowest BCUT2D eigenvalue weighted by molar-refractivity contribution is -0.133. The second-order valence-corrected chi connectivity index (χ2v) is 7.00. The Bertz CT molecular complexity index is 779. The molecule has 1 saturated carbocycles. The molecule has 2 aromatic rings. The van der Waals surface area contributed by atoms with E-state index in [1.807, 2.05) is 4.90 Å². The standard InChI is InChI=1S/C17H20FN5O2/c1-11(15(24)23-6-4-17(2-3-17)5-7-23)20-16-22-21-14(25-16)12-8-13(18)10-19-9-12/h8-11H,2-7H2,1H3,(H,20,22)/t11-/m1/s1. The summed E-state index contributed by atoms with van der Waals surface area (Å²) in [6, 6.07) is 0.934. The van der Waals surface area contributed by atoms with E-state index in [0.29, 0.717) is 11.0 Å². The van der Waals surface area contributed by atoms with Crippen LogP contribution in [-0.2, 0) is 4.79 Å². The molecule has 0 aromatic carbocycles. The van der Waals surface area contributed by atoms with Gasteiger partial charge in [-0.15, -0.1) is 5.10 Å². The molecule has 0 unspecified atom stereocenters. The van der Waals surface area contributed by atoms with Gasteiger partial charge in [-0.25, -0.2) is 4.39 Å². The molecular weight excluding hydrogens is 325 g/mol. The second-order valence-electron chi connectivity index (χ2n) is 7.00. The van der Waals surface area contributed by atoms with Gasteiger partial charge in [-0.2, -0.15) is 0 Å². The lowest BCUT2D eigenvalue weighted by Crippen LogP contribution is -2.45. The Hall–Kier alpha value is -2.51. The van der Waals surface area contributed by atoms with Crippen molar-refractivity contribution in [3.05, 3.63) is 24.3 Å². The number of halogens is 1. The number of carbonyl (C=O) groups excluding carboxylic acids is 1. The first-order chi connectivity index (χ1) is 12.0. The van der Waals surface area contributed by atoms with Crippen molar-refractivity contribution in [3.8, 4) is 11.5 Å². The summed E-state index contributed by atoms with van der Waals surface area (Å²) in [5.41, 5.74) is 0.929. The molecule has 3 heterocycles. The normalized spacial score (nSPS) is 19.7. The SMILES string of the molecule is C[C@@H](Nc1nnc(-c2cncc(F)c2)o1)C(=O)N1CCC2(CC1)CC2. The highest BCUT2D eigenvalue weighted by Crippen LogP contribution is 2.53. The molecule has 132 valence electrons. The van der Waals surface area contributed by atoms with Gasteiger partial charge in [-0.3, -0.25) is 9.78 Å². The van der Waals surface area contributed by atoms with E-state index in [2.05, 4.69) is 20.5 Å². The van der Waals surface area contributed by atoms with E-state index in [4.69, 9.17) is 4.42 Å². The van der Waals surface area contributed by atoms with E-state index < -0.39 is 11.9 Å². The zero-order valence-electron chi connectivity index (χ0n) is 14.0. The summed E-state index contributed by atoms with van der Waals surface area (Å²) in [5.74, 6) is -0.294. The van der Waals surface area contributed by atoms with Crippen LogP contribution in [0, 0.1) is 11.2 Å². The number of amides is 1. The van der Waals surface area contributed by atoms with Crippen molar-refractivity contribution in [2.45, 2.75) is 38.6 Å². The number of pyridine rings is 1. The molecule has 1 aliphatic carbocycles. The van der Waals surface area contributed by atoms with Gasteiger partial charge in [0.2, 0.25) is 5.91 Å². The fourth-order valence-electron chi connectivity index (χ4n) is 3.33. The van der Waals surface area contributed by atoms with E-state index in [1.165, 1.54) is 25.1 Å². The summed E-state index contributed by atoms with van der Waals surface area (Å²) in [7, 11) is 0. The van der Waals surface area contributed by atoms with Crippen LogP contribution in [0.3, 0.4) is 0 Å². The minimum atomic E-state index is -0.479. The van der Waals surface area contributed by atoms with E-state index in [1.54, 1.807) is 6.92 Å². The number of hydrogen-bond acceptors (Lipinski definition) is 6. The number of carbonyl (C=O) groups is 1. The molecule has 1 atom stereocenters.